The molecule has 0 amide bonds. The lowest BCUT2D eigenvalue weighted by Gasteiger charge is -2.26. The Morgan fingerprint density at radius 3 is 1.95 bits per heavy atom. The van der Waals surface area contributed by atoms with Crippen LogP contribution in [0.5, 0.6) is 0 Å². The van der Waals surface area contributed by atoms with E-state index >= 15 is 0 Å². The van der Waals surface area contributed by atoms with Gasteiger partial charge in [0.25, 0.3) is 0 Å². The van der Waals surface area contributed by atoms with Crippen LogP contribution in [0.25, 0.3) is 11.1 Å². The maximum absolute atomic E-state index is 5.96. The first-order chi connectivity index (χ1) is 9.58. The van der Waals surface area contributed by atoms with Crippen molar-refractivity contribution in [1.82, 2.24) is 4.90 Å². The molecule has 0 heterocycles. The zero-order valence-corrected chi connectivity index (χ0v) is 12.6. The Balaban J connectivity index is 2.22. The molecule has 2 atom stereocenters. The van der Waals surface area contributed by atoms with Crippen molar-refractivity contribution in [2.24, 2.45) is 5.73 Å². The van der Waals surface area contributed by atoms with Gasteiger partial charge in [-0.15, -0.1) is 0 Å². The van der Waals surface area contributed by atoms with E-state index < -0.39 is 0 Å². The van der Waals surface area contributed by atoms with E-state index in [0.29, 0.717) is 6.04 Å². The molecular weight excluding hydrogens is 244 g/mol. The zero-order valence-electron chi connectivity index (χ0n) is 12.6. The molecule has 0 aliphatic rings. The van der Waals surface area contributed by atoms with Gasteiger partial charge in [-0.3, -0.25) is 0 Å². The fourth-order valence-corrected chi connectivity index (χ4v) is 2.53. The number of nitrogens with two attached hydrogens (primary N) is 1. The van der Waals surface area contributed by atoms with Gasteiger partial charge < -0.3 is 10.6 Å². The van der Waals surface area contributed by atoms with Crippen LogP contribution in [0.2, 0.25) is 0 Å². The third-order valence-electron chi connectivity index (χ3n) is 3.62. The van der Waals surface area contributed by atoms with Crippen molar-refractivity contribution in [1.29, 1.82) is 0 Å². The molecule has 2 aromatic carbocycles. The Morgan fingerprint density at radius 1 is 0.900 bits per heavy atom. The minimum absolute atomic E-state index is 0.205. The molecule has 0 aliphatic heterocycles. The van der Waals surface area contributed by atoms with Gasteiger partial charge >= 0.3 is 0 Å². The predicted molar refractivity (Wildman–Crippen MR) is 86.6 cm³/mol. The van der Waals surface area contributed by atoms with Gasteiger partial charge in [0.1, 0.15) is 0 Å². The highest BCUT2D eigenvalue weighted by Crippen LogP contribution is 2.26. The molecule has 2 unspecified atom stereocenters. The first-order valence-corrected chi connectivity index (χ1v) is 7.15. The van der Waals surface area contributed by atoms with E-state index in [0.717, 1.165) is 6.42 Å². The highest BCUT2D eigenvalue weighted by atomic mass is 15.1. The number of hydrogen-bond donors (Lipinski definition) is 1. The van der Waals surface area contributed by atoms with Gasteiger partial charge in [0.15, 0.2) is 0 Å². The predicted octanol–water partition coefficient (Wildman–Crippen LogP) is 3.69. The third kappa shape index (κ3) is 3.69. The van der Waals surface area contributed by atoms with Gasteiger partial charge in [-0.25, -0.2) is 0 Å². The summed E-state index contributed by atoms with van der Waals surface area (Å²) in [6.45, 7) is 2.06. The molecule has 0 fully saturated rings. The maximum atomic E-state index is 5.96. The largest absolute Gasteiger partial charge is 0.328 e. The molecule has 2 aromatic rings. The zero-order chi connectivity index (χ0) is 14.5. The van der Waals surface area contributed by atoms with Crippen LogP contribution in [0.3, 0.4) is 0 Å². The molecule has 2 nitrogen and oxygen atoms in total. The monoisotopic (exact) mass is 268 g/mol. The van der Waals surface area contributed by atoms with Crippen molar-refractivity contribution < 1.29 is 0 Å². The summed E-state index contributed by atoms with van der Waals surface area (Å²) in [5, 5.41) is 0. The van der Waals surface area contributed by atoms with Crippen LogP contribution in [0.1, 0.15) is 24.9 Å². The molecule has 0 spiro atoms. The van der Waals surface area contributed by atoms with E-state index in [4.69, 9.17) is 5.73 Å². The lowest BCUT2D eigenvalue weighted by molar-refractivity contribution is 0.272. The van der Waals surface area contributed by atoms with E-state index in [9.17, 15) is 0 Å². The normalized spacial score (nSPS) is 14.2. The summed E-state index contributed by atoms with van der Waals surface area (Å²) in [5.74, 6) is 0. The van der Waals surface area contributed by atoms with E-state index in [1.54, 1.807) is 0 Å². The first-order valence-electron chi connectivity index (χ1n) is 7.15. The summed E-state index contributed by atoms with van der Waals surface area (Å²) in [4.78, 5) is 2.24. The summed E-state index contributed by atoms with van der Waals surface area (Å²) in [6, 6.07) is 19.9. The van der Waals surface area contributed by atoms with Crippen molar-refractivity contribution in [3.8, 4) is 11.1 Å². The Labute approximate surface area is 122 Å². The Morgan fingerprint density at radius 2 is 1.45 bits per heavy atom. The van der Waals surface area contributed by atoms with Crippen molar-refractivity contribution in [3.05, 3.63) is 60.2 Å². The van der Waals surface area contributed by atoms with Crippen LogP contribution < -0.4 is 5.73 Å². The number of hydrogen-bond acceptors (Lipinski definition) is 2. The van der Waals surface area contributed by atoms with Crippen LogP contribution in [0.15, 0.2) is 54.6 Å². The van der Waals surface area contributed by atoms with Gasteiger partial charge in [0, 0.05) is 12.1 Å². The molecule has 0 bridgehead atoms. The number of nitrogens with zero attached hydrogens (tertiary/aromatic N) is 1. The molecule has 106 valence electrons. The first kappa shape index (κ1) is 14.8. The molecule has 2 N–H and O–H groups in total. The van der Waals surface area contributed by atoms with Crippen molar-refractivity contribution in [3.63, 3.8) is 0 Å². The minimum Gasteiger partial charge on any atom is -0.328 e. The SMILES string of the molecule is CC(N)CC(c1ccc(-c2ccccc2)cc1)N(C)C. The van der Waals surface area contributed by atoms with Crippen molar-refractivity contribution >= 4 is 0 Å². The summed E-state index contributed by atoms with van der Waals surface area (Å²) < 4.78 is 0. The quantitative estimate of drug-likeness (QED) is 0.896. The second-order valence-electron chi connectivity index (χ2n) is 5.68. The van der Waals surface area contributed by atoms with E-state index in [1.165, 1.54) is 16.7 Å². The molecule has 0 radical (unpaired) electrons. The van der Waals surface area contributed by atoms with E-state index in [-0.39, 0.29) is 6.04 Å². The highest BCUT2D eigenvalue weighted by Gasteiger charge is 2.15. The average Bonchev–Trinajstić information content (AvgIpc) is 2.45. The van der Waals surface area contributed by atoms with Gasteiger partial charge in [-0.2, -0.15) is 0 Å². The van der Waals surface area contributed by atoms with E-state index in [2.05, 4.69) is 74.4 Å². The van der Waals surface area contributed by atoms with E-state index in [1.807, 2.05) is 6.07 Å². The average molecular weight is 268 g/mol. The van der Waals surface area contributed by atoms with Crippen molar-refractivity contribution in [2.45, 2.75) is 25.4 Å². The van der Waals surface area contributed by atoms with Crippen LogP contribution >= 0.6 is 0 Å². The van der Waals surface area contributed by atoms with Crippen molar-refractivity contribution in [2.75, 3.05) is 14.1 Å². The number of rotatable bonds is 5. The molecule has 20 heavy (non-hydrogen) atoms. The van der Waals surface area contributed by atoms with Crippen LogP contribution in [0.4, 0.5) is 0 Å². The molecular formula is C18H24N2. The topological polar surface area (TPSA) is 29.3 Å². The Bertz CT molecular complexity index is 515. The molecule has 0 saturated carbocycles. The van der Waals surface area contributed by atoms with Crippen LogP contribution in [-0.4, -0.2) is 25.0 Å². The Hall–Kier alpha value is -1.64. The summed E-state index contributed by atoms with van der Waals surface area (Å²) >= 11 is 0. The molecule has 0 saturated heterocycles. The lowest BCUT2D eigenvalue weighted by atomic mass is 9.96. The second-order valence-corrected chi connectivity index (χ2v) is 5.68. The van der Waals surface area contributed by atoms with Crippen LogP contribution in [0, 0.1) is 0 Å². The summed E-state index contributed by atoms with van der Waals surface area (Å²) in [7, 11) is 4.22. The van der Waals surface area contributed by atoms with Gasteiger partial charge in [0.05, 0.1) is 0 Å². The Kier molecular flexibility index (Phi) is 4.94. The second kappa shape index (κ2) is 6.69. The fourth-order valence-electron chi connectivity index (χ4n) is 2.53. The summed E-state index contributed by atoms with van der Waals surface area (Å²) in [5.41, 5.74) is 9.80. The summed E-state index contributed by atoms with van der Waals surface area (Å²) in [6.07, 6.45) is 0.970. The minimum atomic E-state index is 0.205. The van der Waals surface area contributed by atoms with Gasteiger partial charge in [0.2, 0.25) is 0 Å². The third-order valence-corrected chi connectivity index (χ3v) is 3.62. The fraction of sp³-hybridized carbons (Fsp3) is 0.333. The molecule has 0 aliphatic carbocycles. The highest BCUT2D eigenvalue weighted by molar-refractivity contribution is 5.63. The van der Waals surface area contributed by atoms with Gasteiger partial charge in [-0.05, 0) is 44.1 Å². The lowest BCUT2D eigenvalue weighted by Crippen LogP contribution is -2.27. The van der Waals surface area contributed by atoms with Gasteiger partial charge in [-0.1, -0.05) is 54.6 Å². The standard InChI is InChI=1S/C18H24N2/c1-14(19)13-18(20(2)3)17-11-9-16(10-12-17)15-7-5-4-6-8-15/h4-12,14,18H,13,19H2,1-3H3. The molecule has 2 rings (SSSR count). The molecule has 0 aromatic heterocycles. The van der Waals surface area contributed by atoms with Crippen LogP contribution in [-0.2, 0) is 0 Å². The molecule has 2 heteroatoms. The maximum Gasteiger partial charge on any atom is 0.0356 e. The smallest absolute Gasteiger partial charge is 0.0356 e. The number of benzene rings is 2.